The van der Waals surface area contributed by atoms with Crippen molar-refractivity contribution in [2.45, 2.75) is 20.1 Å². The fourth-order valence-electron chi connectivity index (χ4n) is 2.96. The number of hydrogen-bond acceptors (Lipinski definition) is 5. The SMILES string of the molecule is Cc1cn(N=Cc2ccc(OCc3ccc(OCc4ccccc4)cc3)cc2)c(N)n1. The summed E-state index contributed by atoms with van der Waals surface area (Å²) in [6.45, 7) is 2.91. The van der Waals surface area contributed by atoms with Gasteiger partial charge in [0.2, 0.25) is 5.95 Å². The first-order chi connectivity index (χ1) is 15.2. The summed E-state index contributed by atoms with van der Waals surface area (Å²) in [5, 5.41) is 4.31. The second-order valence-corrected chi connectivity index (χ2v) is 7.11. The molecular weight excluding hydrogens is 388 g/mol. The third kappa shape index (κ3) is 5.73. The number of hydrogen-bond donors (Lipinski definition) is 1. The fourth-order valence-corrected chi connectivity index (χ4v) is 2.96. The van der Waals surface area contributed by atoms with Gasteiger partial charge in [0, 0.05) is 0 Å². The number of rotatable bonds is 8. The lowest BCUT2D eigenvalue weighted by Crippen LogP contribution is -1.98. The highest BCUT2D eigenvalue weighted by molar-refractivity contribution is 5.79. The number of anilines is 1. The van der Waals surface area contributed by atoms with Crippen molar-refractivity contribution < 1.29 is 9.47 Å². The van der Waals surface area contributed by atoms with Crippen molar-refractivity contribution in [3.05, 3.63) is 107 Å². The maximum absolute atomic E-state index is 5.88. The number of ether oxygens (including phenoxy) is 2. The minimum atomic E-state index is 0.366. The minimum Gasteiger partial charge on any atom is -0.489 e. The summed E-state index contributed by atoms with van der Waals surface area (Å²) in [6.07, 6.45) is 3.51. The molecule has 156 valence electrons. The predicted molar refractivity (Wildman–Crippen MR) is 122 cm³/mol. The Morgan fingerprint density at radius 3 is 2.00 bits per heavy atom. The molecule has 0 fully saturated rings. The maximum Gasteiger partial charge on any atom is 0.221 e. The molecule has 0 bridgehead atoms. The van der Waals surface area contributed by atoms with Gasteiger partial charge in [0.15, 0.2) is 0 Å². The first kappa shape index (κ1) is 20.2. The van der Waals surface area contributed by atoms with E-state index in [9.17, 15) is 0 Å². The predicted octanol–water partition coefficient (Wildman–Crippen LogP) is 4.81. The number of aryl methyl sites for hydroxylation is 1. The molecule has 31 heavy (non-hydrogen) atoms. The summed E-state index contributed by atoms with van der Waals surface area (Å²) >= 11 is 0. The van der Waals surface area contributed by atoms with Crippen LogP contribution in [0.25, 0.3) is 0 Å². The summed E-state index contributed by atoms with van der Waals surface area (Å²) in [5.41, 5.74) is 9.78. The molecule has 4 aromatic rings. The Morgan fingerprint density at radius 1 is 0.839 bits per heavy atom. The van der Waals surface area contributed by atoms with Crippen LogP contribution in [0.2, 0.25) is 0 Å². The van der Waals surface area contributed by atoms with Crippen molar-refractivity contribution >= 4 is 12.2 Å². The van der Waals surface area contributed by atoms with E-state index in [1.807, 2.05) is 85.8 Å². The van der Waals surface area contributed by atoms with Gasteiger partial charge in [-0.3, -0.25) is 0 Å². The molecule has 0 amide bonds. The van der Waals surface area contributed by atoms with Crippen LogP contribution in [0.4, 0.5) is 5.95 Å². The van der Waals surface area contributed by atoms with E-state index in [1.54, 1.807) is 17.1 Å². The Kier molecular flexibility index (Phi) is 6.28. The van der Waals surface area contributed by atoms with Crippen LogP contribution in [-0.2, 0) is 13.2 Å². The first-order valence-electron chi connectivity index (χ1n) is 10.00. The van der Waals surface area contributed by atoms with Gasteiger partial charge in [0.05, 0.1) is 18.1 Å². The third-order valence-corrected chi connectivity index (χ3v) is 4.62. The standard InChI is InChI=1S/C25H24N4O2/c1-19-16-29(25(26)28-19)27-15-20-7-11-23(12-8-20)31-18-22-9-13-24(14-10-22)30-17-21-5-3-2-4-6-21/h2-16H,17-18H2,1H3,(H2,26,28). The molecule has 6 nitrogen and oxygen atoms in total. The van der Waals surface area contributed by atoms with Crippen LogP contribution in [0.5, 0.6) is 11.5 Å². The molecule has 0 spiro atoms. The van der Waals surface area contributed by atoms with Crippen LogP contribution < -0.4 is 15.2 Å². The van der Waals surface area contributed by atoms with Gasteiger partial charge in [-0.2, -0.15) is 5.10 Å². The zero-order chi connectivity index (χ0) is 21.5. The minimum absolute atomic E-state index is 0.366. The second kappa shape index (κ2) is 9.63. The fraction of sp³-hybridized carbons (Fsp3) is 0.120. The monoisotopic (exact) mass is 412 g/mol. The first-order valence-corrected chi connectivity index (χ1v) is 10.00. The Labute approximate surface area is 181 Å². The number of nitrogens with zero attached hydrogens (tertiary/aromatic N) is 3. The van der Waals surface area contributed by atoms with Crippen LogP contribution in [-0.4, -0.2) is 15.9 Å². The molecule has 3 aromatic carbocycles. The van der Waals surface area contributed by atoms with E-state index in [1.165, 1.54) is 0 Å². The zero-order valence-corrected chi connectivity index (χ0v) is 17.3. The van der Waals surface area contributed by atoms with Gasteiger partial charge in [0.1, 0.15) is 24.7 Å². The summed E-state index contributed by atoms with van der Waals surface area (Å²) < 4.78 is 13.2. The second-order valence-electron chi connectivity index (χ2n) is 7.11. The number of nitrogens with two attached hydrogens (primary N) is 1. The average molecular weight is 412 g/mol. The number of nitrogen functional groups attached to an aromatic ring is 1. The van der Waals surface area contributed by atoms with Crippen LogP contribution in [0.1, 0.15) is 22.4 Å². The molecule has 0 aliphatic rings. The van der Waals surface area contributed by atoms with E-state index in [-0.39, 0.29) is 0 Å². The molecule has 1 aromatic heterocycles. The van der Waals surface area contributed by atoms with E-state index in [2.05, 4.69) is 10.1 Å². The van der Waals surface area contributed by atoms with E-state index in [0.717, 1.165) is 33.9 Å². The maximum atomic E-state index is 5.88. The summed E-state index contributed by atoms with van der Waals surface area (Å²) in [7, 11) is 0. The molecule has 2 N–H and O–H groups in total. The normalized spacial score (nSPS) is 11.0. The van der Waals surface area contributed by atoms with Crippen molar-refractivity contribution in [1.82, 2.24) is 9.66 Å². The average Bonchev–Trinajstić information content (AvgIpc) is 3.13. The van der Waals surface area contributed by atoms with Gasteiger partial charge < -0.3 is 15.2 Å². The molecule has 4 rings (SSSR count). The highest BCUT2D eigenvalue weighted by Crippen LogP contribution is 2.17. The summed E-state index contributed by atoms with van der Waals surface area (Å²) in [6, 6.07) is 25.8. The lowest BCUT2D eigenvalue weighted by molar-refractivity contribution is 0.301. The van der Waals surface area contributed by atoms with E-state index in [4.69, 9.17) is 15.2 Å². The van der Waals surface area contributed by atoms with Gasteiger partial charge in [-0.25, -0.2) is 9.66 Å². The van der Waals surface area contributed by atoms with E-state index >= 15 is 0 Å². The van der Waals surface area contributed by atoms with Gasteiger partial charge in [-0.05, 0) is 60.0 Å². The number of benzene rings is 3. The molecule has 1 heterocycles. The molecule has 0 aliphatic carbocycles. The third-order valence-electron chi connectivity index (χ3n) is 4.62. The van der Waals surface area contributed by atoms with Crippen molar-refractivity contribution in [1.29, 1.82) is 0 Å². The topological polar surface area (TPSA) is 74.7 Å². The van der Waals surface area contributed by atoms with Crippen LogP contribution >= 0.6 is 0 Å². The quantitative estimate of drug-likeness (QED) is 0.421. The summed E-state index contributed by atoms with van der Waals surface area (Å²) in [5.74, 6) is 2.00. The lowest BCUT2D eigenvalue weighted by Gasteiger charge is -2.09. The molecule has 0 saturated heterocycles. The largest absolute Gasteiger partial charge is 0.489 e. The molecule has 0 saturated carbocycles. The van der Waals surface area contributed by atoms with E-state index < -0.39 is 0 Å². The molecule has 0 radical (unpaired) electrons. The van der Waals surface area contributed by atoms with Crippen molar-refractivity contribution in [3.63, 3.8) is 0 Å². The number of imidazole rings is 1. The van der Waals surface area contributed by atoms with Crippen LogP contribution in [0, 0.1) is 6.92 Å². The Morgan fingerprint density at radius 2 is 1.42 bits per heavy atom. The molecular formula is C25H24N4O2. The Balaban J connectivity index is 1.27. The van der Waals surface area contributed by atoms with E-state index in [0.29, 0.717) is 19.2 Å². The van der Waals surface area contributed by atoms with Gasteiger partial charge in [0.25, 0.3) is 0 Å². The van der Waals surface area contributed by atoms with Gasteiger partial charge >= 0.3 is 0 Å². The molecule has 0 aliphatic heterocycles. The highest BCUT2D eigenvalue weighted by Gasteiger charge is 2.01. The van der Waals surface area contributed by atoms with Gasteiger partial charge in [-0.15, -0.1) is 0 Å². The molecule has 6 heteroatoms. The molecule has 0 atom stereocenters. The highest BCUT2D eigenvalue weighted by atomic mass is 16.5. The summed E-state index contributed by atoms with van der Waals surface area (Å²) in [4.78, 5) is 4.12. The van der Waals surface area contributed by atoms with Crippen LogP contribution in [0.15, 0.2) is 90.2 Å². The van der Waals surface area contributed by atoms with Crippen molar-refractivity contribution in [2.24, 2.45) is 5.10 Å². The van der Waals surface area contributed by atoms with Crippen molar-refractivity contribution in [2.75, 3.05) is 5.73 Å². The van der Waals surface area contributed by atoms with Gasteiger partial charge in [-0.1, -0.05) is 42.5 Å². The Bertz CT molecular complexity index is 1130. The number of aromatic nitrogens is 2. The smallest absolute Gasteiger partial charge is 0.221 e. The van der Waals surface area contributed by atoms with Crippen molar-refractivity contribution in [3.8, 4) is 11.5 Å². The zero-order valence-electron chi connectivity index (χ0n) is 17.3. The Hall–Kier alpha value is -4.06. The molecule has 0 unspecified atom stereocenters. The lowest BCUT2D eigenvalue weighted by atomic mass is 10.2. The van der Waals surface area contributed by atoms with Crippen LogP contribution in [0.3, 0.4) is 0 Å².